The fourth-order valence-electron chi connectivity index (χ4n) is 3.05. The van der Waals surface area contributed by atoms with Crippen molar-refractivity contribution in [3.05, 3.63) is 24.3 Å². The third kappa shape index (κ3) is 5.18. The highest BCUT2D eigenvalue weighted by Gasteiger charge is 2.33. The van der Waals surface area contributed by atoms with Crippen molar-refractivity contribution in [1.82, 2.24) is 9.62 Å². The van der Waals surface area contributed by atoms with E-state index in [1.165, 1.54) is 4.31 Å². The number of nitrogens with zero attached hydrogens (tertiary/aromatic N) is 1. The Morgan fingerprint density at radius 2 is 2.04 bits per heavy atom. The monoisotopic (exact) mass is 384 g/mol. The number of benzene rings is 1. The number of ether oxygens (including phenoxy) is 2. The molecule has 0 aromatic heterocycles. The molecule has 1 N–H and O–H groups in total. The Hall–Kier alpha value is -1.64. The van der Waals surface area contributed by atoms with Gasteiger partial charge < -0.3 is 14.8 Å². The molecule has 1 amide bonds. The quantitative estimate of drug-likeness (QED) is 0.736. The lowest BCUT2D eigenvalue weighted by molar-refractivity contribution is -0.127. The summed E-state index contributed by atoms with van der Waals surface area (Å²) in [6.07, 6.45) is 1.34. The molecule has 1 saturated heterocycles. The second kappa shape index (κ2) is 9.34. The van der Waals surface area contributed by atoms with E-state index < -0.39 is 10.0 Å². The van der Waals surface area contributed by atoms with E-state index in [4.69, 9.17) is 9.47 Å². The number of hydrogen-bond acceptors (Lipinski definition) is 5. The molecule has 7 nitrogen and oxygen atoms in total. The van der Waals surface area contributed by atoms with Crippen molar-refractivity contribution >= 4 is 15.9 Å². The average Bonchev–Trinajstić information content (AvgIpc) is 2.63. The Kier molecular flexibility index (Phi) is 7.43. The van der Waals surface area contributed by atoms with Crippen molar-refractivity contribution in [1.29, 1.82) is 0 Å². The summed E-state index contributed by atoms with van der Waals surface area (Å²) in [6.45, 7) is 5.30. The highest BCUT2D eigenvalue weighted by Crippen LogP contribution is 2.25. The van der Waals surface area contributed by atoms with Crippen LogP contribution in [0, 0.1) is 5.92 Å². The van der Waals surface area contributed by atoms with Gasteiger partial charge in [-0.05, 0) is 51.0 Å². The van der Waals surface area contributed by atoms with E-state index in [-0.39, 0.29) is 29.3 Å². The second-order valence-corrected chi connectivity index (χ2v) is 8.41. The minimum absolute atomic E-state index is 0.106. The van der Waals surface area contributed by atoms with Crippen molar-refractivity contribution in [2.75, 3.05) is 33.4 Å². The summed E-state index contributed by atoms with van der Waals surface area (Å²) in [6, 6.07) is 6.29. The Labute approximate surface area is 155 Å². The van der Waals surface area contributed by atoms with Gasteiger partial charge in [0.2, 0.25) is 15.9 Å². The fourth-order valence-corrected chi connectivity index (χ4v) is 4.57. The van der Waals surface area contributed by atoms with E-state index in [1.54, 1.807) is 31.4 Å². The number of amides is 1. The molecule has 0 aliphatic carbocycles. The van der Waals surface area contributed by atoms with Gasteiger partial charge in [0, 0.05) is 26.2 Å². The Morgan fingerprint density at radius 1 is 1.35 bits per heavy atom. The number of piperidine rings is 1. The highest BCUT2D eigenvalue weighted by molar-refractivity contribution is 7.89. The highest BCUT2D eigenvalue weighted by atomic mass is 32.2. The molecule has 8 heteroatoms. The zero-order chi connectivity index (χ0) is 19.2. The molecule has 1 heterocycles. The molecular formula is C18H28N2O5S. The SMILES string of the molecule is CCOc1ccc(S(=O)(=O)N2CCC[C@H](C(=O)N[C@@H](C)COC)C2)cc1. The molecule has 0 saturated carbocycles. The molecule has 0 unspecified atom stereocenters. The maximum absolute atomic E-state index is 12.9. The molecule has 0 radical (unpaired) electrons. The van der Waals surface area contributed by atoms with Gasteiger partial charge in [-0.1, -0.05) is 0 Å². The van der Waals surface area contributed by atoms with E-state index >= 15 is 0 Å². The van der Waals surface area contributed by atoms with Crippen LogP contribution >= 0.6 is 0 Å². The minimum atomic E-state index is -3.63. The number of methoxy groups -OCH3 is 1. The smallest absolute Gasteiger partial charge is 0.243 e. The molecule has 146 valence electrons. The van der Waals surface area contributed by atoms with E-state index in [0.29, 0.717) is 38.3 Å². The molecule has 0 bridgehead atoms. The molecule has 1 aromatic rings. The van der Waals surface area contributed by atoms with Crippen molar-refractivity contribution in [3.8, 4) is 5.75 Å². The van der Waals surface area contributed by atoms with E-state index in [2.05, 4.69) is 5.32 Å². The van der Waals surface area contributed by atoms with Gasteiger partial charge in [-0.15, -0.1) is 0 Å². The predicted octanol–water partition coefficient (Wildman–Crippen LogP) is 1.64. The van der Waals surface area contributed by atoms with Gasteiger partial charge in [0.15, 0.2) is 0 Å². The van der Waals surface area contributed by atoms with E-state index in [0.717, 1.165) is 0 Å². The van der Waals surface area contributed by atoms with Crippen LogP contribution in [0.2, 0.25) is 0 Å². The number of hydrogen-bond donors (Lipinski definition) is 1. The van der Waals surface area contributed by atoms with Gasteiger partial charge >= 0.3 is 0 Å². The minimum Gasteiger partial charge on any atom is -0.494 e. The van der Waals surface area contributed by atoms with Crippen LogP contribution in [0.5, 0.6) is 5.75 Å². The lowest BCUT2D eigenvalue weighted by Gasteiger charge is -2.31. The standard InChI is InChI=1S/C18H28N2O5S/c1-4-25-16-7-9-17(10-8-16)26(22,23)20-11-5-6-15(12-20)18(21)19-14(2)13-24-3/h7-10,14-15H,4-6,11-13H2,1-3H3,(H,19,21)/t14-,15-/m0/s1. The Bertz CT molecular complexity index is 690. The summed E-state index contributed by atoms with van der Waals surface area (Å²) in [7, 11) is -2.05. The van der Waals surface area contributed by atoms with Crippen molar-refractivity contribution < 1.29 is 22.7 Å². The summed E-state index contributed by atoms with van der Waals surface area (Å²) >= 11 is 0. The summed E-state index contributed by atoms with van der Waals surface area (Å²) < 4.78 is 37.5. The average molecular weight is 384 g/mol. The first-order chi connectivity index (χ1) is 12.4. The van der Waals surface area contributed by atoms with Crippen LogP contribution < -0.4 is 10.1 Å². The summed E-state index contributed by atoms with van der Waals surface area (Å²) in [4.78, 5) is 12.6. The van der Waals surface area contributed by atoms with Crippen molar-refractivity contribution in [2.45, 2.75) is 37.6 Å². The molecule has 1 aliphatic heterocycles. The topological polar surface area (TPSA) is 84.9 Å². The van der Waals surface area contributed by atoms with Crippen LogP contribution in [0.15, 0.2) is 29.2 Å². The zero-order valence-electron chi connectivity index (χ0n) is 15.6. The van der Waals surface area contributed by atoms with Gasteiger partial charge in [-0.25, -0.2) is 8.42 Å². The molecule has 1 aliphatic rings. The molecule has 1 fully saturated rings. The molecule has 26 heavy (non-hydrogen) atoms. The predicted molar refractivity (Wildman–Crippen MR) is 98.6 cm³/mol. The normalized spacial score (nSPS) is 19.7. The molecule has 2 atom stereocenters. The van der Waals surface area contributed by atoms with Crippen LogP contribution in [0.3, 0.4) is 0 Å². The van der Waals surface area contributed by atoms with Gasteiger partial charge in [0.25, 0.3) is 0 Å². The van der Waals surface area contributed by atoms with E-state index in [1.807, 2.05) is 13.8 Å². The van der Waals surface area contributed by atoms with Gasteiger partial charge in [-0.2, -0.15) is 4.31 Å². The third-order valence-corrected chi connectivity index (χ3v) is 6.21. The zero-order valence-corrected chi connectivity index (χ0v) is 16.4. The Morgan fingerprint density at radius 3 is 2.65 bits per heavy atom. The lowest BCUT2D eigenvalue weighted by Crippen LogP contribution is -2.47. The largest absolute Gasteiger partial charge is 0.494 e. The summed E-state index contributed by atoms with van der Waals surface area (Å²) in [5, 5.41) is 2.88. The molecular weight excluding hydrogens is 356 g/mol. The first-order valence-corrected chi connectivity index (χ1v) is 10.3. The number of rotatable bonds is 8. The molecule has 1 aromatic carbocycles. The molecule has 0 spiro atoms. The second-order valence-electron chi connectivity index (χ2n) is 6.47. The van der Waals surface area contributed by atoms with Crippen LogP contribution in [0.4, 0.5) is 0 Å². The first-order valence-electron chi connectivity index (χ1n) is 8.90. The van der Waals surface area contributed by atoms with Crippen LogP contribution in [-0.4, -0.2) is 58.1 Å². The summed E-state index contributed by atoms with van der Waals surface area (Å²) in [5.41, 5.74) is 0. The maximum Gasteiger partial charge on any atom is 0.243 e. The summed E-state index contributed by atoms with van der Waals surface area (Å²) in [5.74, 6) is 0.163. The van der Waals surface area contributed by atoms with Gasteiger partial charge in [0.1, 0.15) is 5.75 Å². The third-order valence-electron chi connectivity index (χ3n) is 4.33. The van der Waals surface area contributed by atoms with Gasteiger partial charge in [0.05, 0.1) is 24.0 Å². The number of carbonyl (C=O) groups excluding carboxylic acids is 1. The first kappa shape index (κ1) is 20.7. The number of carbonyl (C=O) groups is 1. The number of nitrogens with one attached hydrogen (secondary N) is 1. The van der Waals surface area contributed by atoms with Crippen LogP contribution in [0.1, 0.15) is 26.7 Å². The Balaban J connectivity index is 2.06. The van der Waals surface area contributed by atoms with Crippen molar-refractivity contribution in [3.63, 3.8) is 0 Å². The van der Waals surface area contributed by atoms with E-state index in [9.17, 15) is 13.2 Å². The van der Waals surface area contributed by atoms with Crippen LogP contribution in [0.25, 0.3) is 0 Å². The van der Waals surface area contributed by atoms with Crippen molar-refractivity contribution in [2.24, 2.45) is 5.92 Å². The lowest BCUT2D eigenvalue weighted by atomic mass is 9.98. The maximum atomic E-state index is 12.9. The number of sulfonamides is 1. The fraction of sp³-hybridized carbons (Fsp3) is 0.611. The van der Waals surface area contributed by atoms with Crippen LogP contribution in [-0.2, 0) is 19.6 Å². The van der Waals surface area contributed by atoms with Gasteiger partial charge in [-0.3, -0.25) is 4.79 Å². The molecule has 2 rings (SSSR count).